The van der Waals surface area contributed by atoms with Crippen LogP contribution in [-0.4, -0.2) is 30.6 Å². The molecular formula is C16H34N2. The average molecular weight is 254 g/mol. The van der Waals surface area contributed by atoms with E-state index in [1.165, 1.54) is 77.4 Å². The van der Waals surface area contributed by atoms with E-state index in [2.05, 4.69) is 18.7 Å². The van der Waals surface area contributed by atoms with Crippen molar-refractivity contribution in [1.29, 1.82) is 0 Å². The van der Waals surface area contributed by atoms with Crippen LogP contribution in [0.5, 0.6) is 0 Å². The Balaban J connectivity index is 1.99. The Hall–Kier alpha value is -0.0800. The van der Waals surface area contributed by atoms with Crippen LogP contribution in [0.15, 0.2) is 0 Å². The van der Waals surface area contributed by atoms with E-state index in [-0.39, 0.29) is 0 Å². The molecule has 1 heterocycles. The van der Waals surface area contributed by atoms with E-state index in [1.54, 1.807) is 0 Å². The molecule has 0 bridgehead atoms. The molecule has 2 unspecified atom stereocenters. The maximum absolute atomic E-state index is 6.15. The Kier molecular flexibility index (Phi) is 8.70. The summed E-state index contributed by atoms with van der Waals surface area (Å²) in [5, 5.41) is 0. The van der Waals surface area contributed by atoms with E-state index in [4.69, 9.17) is 5.73 Å². The summed E-state index contributed by atoms with van der Waals surface area (Å²) in [6.45, 7) is 8.34. The summed E-state index contributed by atoms with van der Waals surface area (Å²) in [4.78, 5) is 2.64. The van der Waals surface area contributed by atoms with Crippen molar-refractivity contribution in [3.8, 4) is 0 Å². The second-order valence-corrected chi connectivity index (χ2v) is 6.04. The lowest BCUT2D eigenvalue weighted by Crippen LogP contribution is -2.47. The number of rotatable bonds is 9. The molecule has 2 N–H and O–H groups in total. The number of piperidine rings is 1. The molecule has 108 valence electrons. The zero-order chi connectivity index (χ0) is 13.2. The summed E-state index contributed by atoms with van der Waals surface area (Å²) in [6, 6.07) is 0.459. The minimum atomic E-state index is 0.459. The fourth-order valence-electron chi connectivity index (χ4n) is 3.05. The van der Waals surface area contributed by atoms with Gasteiger partial charge in [0, 0.05) is 12.6 Å². The van der Waals surface area contributed by atoms with Gasteiger partial charge in [0.05, 0.1) is 0 Å². The predicted molar refractivity (Wildman–Crippen MR) is 80.8 cm³/mol. The number of likely N-dealkylation sites (tertiary alicyclic amines) is 1. The number of hydrogen-bond acceptors (Lipinski definition) is 2. The van der Waals surface area contributed by atoms with Gasteiger partial charge in [-0.2, -0.15) is 0 Å². The number of nitrogens with two attached hydrogens (primary N) is 1. The normalized spacial score (nSPS) is 25.5. The molecule has 1 rings (SSSR count). The third-order valence-corrected chi connectivity index (χ3v) is 4.48. The third kappa shape index (κ3) is 6.19. The maximum Gasteiger partial charge on any atom is 0.00914 e. The number of nitrogens with zero attached hydrogens (tertiary/aromatic N) is 1. The quantitative estimate of drug-likeness (QED) is 0.634. The molecule has 0 spiro atoms. The van der Waals surface area contributed by atoms with E-state index in [1.807, 2.05) is 0 Å². The van der Waals surface area contributed by atoms with Crippen molar-refractivity contribution >= 4 is 0 Å². The lowest BCUT2D eigenvalue weighted by Gasteiger charge is -2.36. The molecule has 0 aliphatic carbocycles. The molecule has 1 fully saturated rings. The molecule has 1 aliphatic heterocycles. The highest BCUT2D eigenvalue weighted by Gasteiger charge is 2.24. The van der Waals surface area contributed by atoms with Gasteiger partial charge in [0.15, 0.2) is 0 Å². The van der Waals surface area contributed by atoms with Crippen molar-refractivity contribution in [2.75, 3.05) is 19.6 Å². The molecule has 0 saturated carbocycles. The number of hydrogen-bond donors (Lipinski definition) is 1. The van der Waals surface area contributed by atoms with E-state index in [0.717, 1.165) is 5.92 Å². The van der Waals surface area contributed by atoms with Crippen LogP contribution in [0.2, 0.25) is 0 Å². The monoisotopic (exact) mass is 254 g/mol. The van der Waals surface area contributed by atoms with Crippen LogP contribution >= 0.6 is 0 Å². The molecule has 2 atom stereocenters. The van der Waals surface area contributed by atoms with Crippen molar-refractivity contribution in [3.05, 3.63) is 0 Å². The van der Waals surface area contributed by atoms with E-state index < -0.39 is 0 Å². The van der Waals surface area contributed by atoms with Crippen LogP contribution in [0.1, 0.15) is 71.6 Å². The fraction of sp³-hybridized carbons (Fsp3) is 1.00. The molecule has 1 saturated heterocycles. The summed E-state index contributed by atoms with van der Waals surface area (Å²) >= 11 is 0. The van der Waals surface area contributed by atoms with Gasteiger partial charge in [-0.25, -0.2) is 0 Å². The summed E-state index contributed by atoms with van der Waals surface area (Å²) < 4.78 is 0. The van der Waals surface area contributed by atoms with Gasteiger partial charge in [-0.3, -0.25) is 0 Å². The standard InChI is InChI=1S/C16H34N2/c1-3-5-6-7-8-9-10-12-18-13-11-16(17)15(4-2)14-18/h15-16H,3-14,17H2,1-2H3. The van der Waals surface area contributed by atoms with Gasteiger partial charge in [0.2, 0.25) is 0 Å². The second kappa shape index (κ2) is 9.80. The largest absolute Gasteiger partial charge is 0.327 e. The Morgan fingerprint density at radius 3 is 2.33 bits per heavy atom. The van der Waals surface area contributed by atoms with Crippen molar-refractivity contribution in [2.24, 2.45) is 11.7 Å². The van der Waals surface area contributed by atoms with Gasteiger partial charge < -0.3 is 10.6 Å². The van der Waals surface area contributed by atoms with Crippen LogP contribution in [0.3, 0.4) is 0 Å². The third-order valence-electron chi connectivity index (χ3n) is 4.48. The molecule has 0 radical (unpaired) electrons. The fourth-order valence-corrected chi connectivity index (χ4v) is 3.05. The molecule has 2 nitrogen and oxygen atoms in total. The average Bonchev–Trinajstić information content (AvgIpc) is 2.39. The first kappa shape index (κ1) is 16.0. The zero-order valence-electron chi connectivity index (χ0n) is 12.7. The molecule has 0 aromatic heterocycles. The van der Waals surface area contributed by atoms with Gasteiger partial charge in [0.1, 0.15) is 0 Å². The smallest absolute Gasteiger partial charge is 0.00914 e. The minimum Gasteiger partial charge on any atom is -0.327 e. The highest BCUT2D eigenvalue weighted by atomic mass is 15.1. The Morgan fingerprint density at radius 2 is 1.67 bits per heavy atom. The van der Waals surface area contributed by atoms with Gasteiger partial charge in [-0.05, 0) is 31.8 Å². The van der Waals surface area contributed by atoms with Crippen molar-refractivity contribution < 1.29 is 0 Å². The highest BCUT2D eigenvalue weighted by molar-refractivity contribution is 4.81. The second-order valence-electron chi connectivity index (χ2n) is 6.04. The van der Waals surface area contributed by atoms with E-state index >= 15 is 0 Å². The van der Waals surface area contributed by atoms with Crippen molar-refractivity contribution in [3.63, 3.8) is 0 Å². The summed E-state index contributed by atoms with van der Waals surface area (Å²) in [5.41, 5.74) is 6.15. The lowest BCUT2D eigenvalue weighted by molar-refractivity contribution is 0.149. The molecular weight excluding hydrogens is 220 g/mol. The van der Waals surface area contributed by atoms with Crippen LogP contribution in [0.25, 0.3) is 0 Å². The topological polar surface area (TPSA) is 29.3 Å². The lowest BCUT2D eigenvalue weighted by atomic mass is 9.90. The minimum absolute atomic E-state index is 0.459. The zero-order valence-corrected chi connectivity index (χ0v) is 12.7. The molecule has 18 heavy (non-hydrogen) atoms. The molecule has 0 amide bonds. The molecule has 0 aromatic rings. The Bertz CT molecular complexity index is 194. The number of unbranched alkanes of at least 4 members (excludes halogenated alkanes) is 6. The van der Waals surface area contributed by atoms with Gasteiger partial charge in [0.25, 0.3) is 0 Å². The molecule has 0 aromatic carbocycles. The first-order chi connectivity index (χ1) is 8.77. The van der Waals surface area contributed by atoms with Crippen LogP contribution < -0.4 is 5.73 Å². The predicted octanol–water partition coefficient (Wildman–Crippen LogP) is 3.80. The van der Waals surface area contributed by atoms with Gasteiger partial charge >= 0.3 is 0 Å². The summed E-state index contributed by atoms with van der Waals surface area (Å²) in [6.07, 6.45) is 12.3. The molecule has 1 aliphatic rings. The highest BCUT2D eigenvalue weighted by Crippen LogP contribution is 2.19. The van der Waals surface area contributed by atoms with E-state index in [9.17, 15) is 0 Å². The first-order valence-corrected chi connectivity index (χ1v) is 8.25. The van der Waals surface area contributed by atoms with Crippen molar-refractivity contribution in [2.45, 2.75) is 77.7 Å². The Morgan fingerprint density at radius 1 is 1.00 bits per heavy atom. The van der Waals surface area contributed by atoms with Crippen LogP contribution in [0, 0.1) is 5.92 Å². The van der Waals surface area contributed by atoms with Gasteiger partial charge in [-0.15, -0.1) is 0 Å². The summed E-state index contributed by atoms with van der Waals surface area (Å²) in [5.74, 6) is 0.739. The summed E-state index contributed by atoms with van der Waals surface area (Å²) in [7, 11) is 0. The Labute approximate surface area is 114 Å². The SMILES string of the molecule is CCCCCCCCCN1CCC(N)C(CC)C1. The van der Waals surface area contributed by atoms with Crippen LogP contribution in [0.4, 0.5) is 0 Å². The van der Waals surface area contributed by atoms with E-state index in [0.29, 0.717) is 6.04 Å². The van der Waals surface area contributed by atoms with Crippen LogP contribution in [-0.2, 0) is 0 Å². The first-order valence-electron chi connectivity index (χ1n) is 8.25. The maximum atomic E-state index is 6.15. The van der Waals surface area contributed by atoms with Gasteiger partial charge in [-0.1, -0.05) is 58.8 Å². The van der Waals surface area contributed by atoms with Crippen molar-refractivity contribution in [1.82, 2.24) is 4.90 Å². The molecule has 2 heteroatoms.